The van der Waals surface area contributed by atoms with Crippen molar-refractivity contribution >= 4 is 21.6 Å². The Morgan fingerprint density at radius 1 is 0.922 bits per heavy atom. The summed E-state index contributed by atoms with van der Waals surface area (Å²) < 4.78 is 50.4. The Labute approximate surface area is 295 Å². The molecule has 0 saturated carbocycles. The van der Waals surface area contributed by atoms with Crippen molar-refractivity contribution in [1.82, 2.24) is 15.0 Å². The molecule has 1 amide bonds. The summed E-state index contributed by atoms with van der Waals surface area (Å²) in [5, 5.41) is 13.3. The molecule has 4 aromatic carbocycles. The van der Waals surface area contributed by atoms with Crippen LogP contribution in [-0.2, 0) is 32.5 Å². The molecule has 3 heterocycles. The minimum atomic E-state index is -3.80. The van der Waals surface area contributed by atoms with Crippen molar-refractivity contribution in [3.05, 3.63) is 126 Å². The summed E-state index contributed by atoms with van der Waals surface area (Å²) in [7, 11) is -2.22. The maximum Gasteiger partial charge on any atom is 0.257 e. The van der Waals surface area contributed by atoms with E-state index in [0.717, 1.165) is 11.1 Å². The monoisotopic (exact) mass is 708 g/mol. The van der Waals surface area contributed by atoms with Crippen molar-refractivity contribution in [3.63, 3.8) is 0 Å². The number of aromatic nitrogens is 2. The van der Waals surface area contributed by atoms with Crippen LogP contribution in [0.15, 0.2) is 118 Å². The molecule has 13 heteroatoms. The summed E-state index contributed by atoms with van der Waals surface area (Å²) in [5.74, 6) is 1.29. The second-order valence-corrected chi connectivity index (χ2v) is 14.4. The number of carbonyl (C=O) groups excluding carboxylic acids is 1. The molecular formula is C38H36N4O8S. The SMILES string of the molecule is COc1ccc(-c2nc(CN3Cc4ccccc4[C@@H]4OC(c5ccc(OCCCO)cc5)=N[C@]4(CCS(=O)(=O)c4ccccc4)C3=O)no2)cc1. The number of amides is 1. The molecule has 7 rings (SSSR count). The van der Waals surface area contributed by atoms with Crippen LogP contribution in [0.3, 0.4) is 0 Å². The zero-order chi connectivity index (χ0) is 35.4. The highest BCUT2D eigenvalue weighted by Gasteiger charge is 2.57. The third-order valence-electron chi connectivity index (χ3n) is 8.98. The van der Waals surface area contributed by atoms with Gasteiger partial charge in [-0.05, 0) is 66.2 Å². The molecule has 2 aliphatic rings. The van der Waals surface area contributed by atoms with Gasteiger partial charge in [0, 0.05) is 42.7 Å². The summed E-state index contributed by atoms with van der Waals surface area (Å²) in [6, 6.07) is 30.0. The lowest BCUT2D eigenvalue weighted by Crippen LogP contribution is -2.49. The Morgan fingerprint density at radius 2 is 1.63 bits per heavy atom. The van der Waals surface area contributed by atoms with Gasteiger partial charge in [0.25, 0.3) is 11.8 Å². The maximum atomic E-state index is 15.0. The molecule has 0 saturated heterocycles. The van der Waals surface area contributed by atoms with Crippen LogP contribution in [0.25, 0.3) is 11.5 Å². The summed E-state index contributed by atoms with van der Waals surface area (Å²) in [4.78, 5) is 26.3. The highest BCUT2D eigenvalue weighted by Crippen LogP contribution is 2.47. The number of ether oxygens (including phenoxy) is 3. The van der Waals surface area contributed by atoms with E-state index in [0.29, 0.717) is 35.7 Å². The highest BCUT2D eigenvalue weighted by atomic mass is 32.2. The molecule has 1 N–H and O–H groups in total. The third-order valence-corrected chi connectivity index (χ3v) is 10.7. The predicted octanol–water partition coefficient (Wildman–Crippen LogP) is 5.17. The van der Waals surface area contributed by atoms with Gasteiger partial charge in [0.05, 0.1) is 30.9 Å². The third kappa shape index (κ3) is 6.94. The summed E-state index contributed by atoms with van der Waals surface area (Å²) in [5.41, 5.74) is 1.21. The van der Waals surface area contributed by atoms with Gasteiger partial charge < -0.3 is 28.7 Å². The first-order chi connectivity index (χ1) is 24.8. The van der Waals surface area contributed by atoms with Gasteiger partial charge in [-0.2, -0.15) is 4.98 Å². The minimum absolute atomic E-state index is 0.0164. The zero-order valence-corrected chi connectivity index (χ0v) is 28.7. The minimum Gasteiger partial charge on any atom is -0.497 e. The number of methoxy groups -OCH3 is 1. The molecule has 12 nitrogen and oxygen atoms in total. The molecule has 262 valence electrons. The van der Waals surface area contributed by atoms with Gasteiger partial charge in [-0.25, -0.2) is 13.4 Å². The average Bonchev–Trinajstić information content (AvgIpc) is 3.78. The summed E-state index contributed by atoms with van der Waals surface area (Å²) in [6.45, 7) is 0.559. The maximum absolute atomic E-state index is 15.0. The predicted molar refractivity (Wildman–Crippen MR) is 187 cm³/mol. The first kappa shape index (κ1) is 33.9. The zero-order valence-electron chi connectivity index (χ0n) is 27.8. The van der Waals surface area contributed by atoms with Crippen LogP contribution in [0.2, 0.25) is 0 Å². The lowest BCUT2D eigenvalue weighted by Gasteiger charge is -2.32. The largest absolute Gasteiger partial charge is 0.497 e. The topological polar surface area (TPSA) is 154 Å². The van der Waals surface area contributed by atoms with Gasteiger partial charge in [0.15, 0.2) is 27.3 Å². The van der Waals surface area contributed by atoms with E-state index >= 15 is 4.79 Å². The number of benzene rings is 4. The van der Waals surface area contributed by atoms with Crippen LogP contribution < -0.4 is 9.47 Å². The van der Waals surface area contributed by atoms with Crippen molar-refractivity contribution in [1.29, 1.82) is 0 Å². The van der Waals surface area contributed by atoms with Gasteiger partial charge in [-0.3, -0.25) is 4.79 Å². The van der Waals surface area contributed by atoms with E-state index in [2.05, 4.69) is 10.1 Å². The molecule has 2 atom stereocenters. The second-order valence-electron chi connectivity index (χ2n) is 12.3. The number of nitrogens with zero attached hydrogens (tertiary/aromatic N) is 4. The number of carbonyl (C=O) groups is 1. The van der Waals surface area contributed by atoms with Gasteiger partial charge in [0.2, 0.25) is 5.90 Å². The summed E-state index contributed by atoms with van der Waals surface area (Å²) >= 11 is 0. The molecule has 0 spiro atoms. The number of aliphatic imine (C=N–C) groups is 1. The van der Waals surface area contributed by atoms with E-state index in [1.54, 1.807) is 90.9 Å². The number of fused-ring (bicyclic) bond motifs is 3. The highest BCUT2D eigenvalue weighted by molar-refractivity contribution is 7.91. The molecule has 1 aromatic heterocycles. The Bertz CT molecular complexity index is 2140. The molecule has 5 aromatic rings. The molecule has 2 aliphatic heterocycles. The van der Waals surface area contributed by atoms with E-state index in [-0.39, 0.29) is 54.4 Å². The van der Waals surface area contributed by atoms with Crippen molar-refractivity contribution in [3.8, 4) is 23.0 Å². The number of hydrogen-bond acceptors (Lipinski definition) is 11. The van der Waals surface area contributed by atoms with Crippen LogP contribution >= 0.6 is 0 Å². The Kier molecular flexibility index (Phi) is 9.56. The van der Waals surface area contributed by atoms with Gasteiger partial charge in [-0.15, -0.1) is 0 Å². The number of hydrogen-bond donors (Lipinski definition) is 1. The van der Waals surface area contributed by atoms with Crippen molar-refractivity contribution in [2.45, 2.75) is 42.5 Å². The first-order valence-electron chi connectivity index (χ1n) is 16.5. The van der Waals surface area contributed by atoms with E-state index in [1.807, 2.05) is 24.3 Å². The molecule has 0 bridgehead atoms. The fraction of sp³-hybridized carbons (Fsp3) is 0.263. The Morgan fingerprint density at radius 3 is 2.37 bits per heavy atom. The van der Waals surface area contributed by atoms with E-state index in [1.165, 1.54) is 0 Å². The second kappa shape index (κ2) is 14.4. The number of sulfone groups is 1. The quantitative estimate of drug-likeness (QED) is 0.162. The average molecular weight is 709 g/mol. The van der Waals surface area contributed by atoms with Gasteiger partial charge in [-0.1, -0.05) is 47.6 Å². The molecule has 0 unspecified atom stereocenters. The normalized spacial score (nSPS) is 18.3. The van der Waals surface area contributed by atoms with Crippen molar-refractivity contribution < 1.29 is 37.1 Å². The number of aliphatic hydroxyl groups excluding tert-OH is 1. The van der Waals surface area contributed by atoms with Crippen LogP contribution in [0, 0.1) is 0 Å². The van der Waals surface area contributed by atoms with Gasteiger partial charge in [0.1, 0.15) is 11.5 Å². The lowest BCUT2D eigenvalue weighted by atomic mass is 9.84. The van der Waals surface area contributed by atoms with Crippen LogP contribution in [0.4, 0.5) is 0 Å². The van der Waals surface area contributed by atoms with E-state index in [9.17, 15) is 8.42 Å². The number of aliphatic hydroxyl groups is 1. The fourth-order valence-corrected chi connectivity index (χ4v) is 7.71. The Hall–Kier alpha value is -5.53. The van der Waals surface area contributed by atoms with Crippen LogP contribution in [-0.4, -0.2) is 72.0 Å². The number of rotatable bonds is 13. The molecular weight excluding hydrogens is 673 g/mol. The van der Waals surface area contributed by atoms with E-state index < -0.39 is 27.4 Å². The van der Waals surface area contributed by atoms with Crippen LogP contribution in [0.5, 0.6) is 11.5 Å². The van der Waals surface area contributed by atoms with Crippen molar-refractivity contribution in [2.75, 3.05) is 26.1 Å². The molecule has 0 fully saturated rings. The molecule has 0 aliphatic carbocycles. The molecule has 51 heavy (non-hydrogen) atoms. The lowest BCUT2D eigenvalue weighted by molar-refractivity contribution is -0.140. The van der Waals surface area contributed by atoms with Crippen molar-refractivity contribution in [2.24, 2.45) is 4.99 Å². The van der Waals surface area contributed by atoms with Crippen LogP contribution in [0.1, 0.15) is 41.5 Å². The standard InChI is InChI=1S/C38H36N4O8S/c1-47-29-16-12-26(13-17-29)35-39-33(41-50-35)25-42-24-28-8-5-6-11-32(28)34-38(37(42)44,20-23-51(45,46)31-9-3-2-4-10-31)40-36(49-34)27-14-18-30(19-15-27)48-22-7-21-43/h2-6,8-19,34,43H,7,20-25H2,1H3/t34-,38-/m0/s1. The molecule has 0 radical (unpaired) electrons. The Balaban J connectivity index is 1.27. The van der Waals surface area contributed by atoms with Gasteiger partial charge >= 0.3 is 0 Å². The summed E-state index contributed by atoms with van der Waals surface area (Å²) in [6.07, 6.45) is -0.556. The van der Waals surface area contributed by atoms with E-state index in [4.69, 9.17) is 28.8 Å². The first-order valence-corrected chi connectivity index (χ1v) is 18.2. The fourth-order valence-electron chi connectivity index (χ4n) is 6.32. The smallest absolute Gasteiger partial charge is 0.257 e.